The number of hydrogen-bond donors (Lipinski definition) is 3. The van der Waals surface area contributed by atoms with E-state index in [9.17, 15) is 28.0 Å². The van der Waals surface area contributed by atoms with Crippen molar-refractivity contribution in [2.75, 3.05) is 53.5 Å². The van der Waals surface area contributed by atoms with Crippen molar-refractivity contribution in [3.8, 4) is 11.5 Å². The fraction of sp³-hybridized carbons (Fsp3) is 0.467. The maximum absolute atomic E-state index is 13.9. The summed E-state index contributed by atoms with van der Waals surface area (Å²) in [5.41, 5.74) is 6.82. The molecule has 394 valence electrons. The molecule has 0 bridgehead atoms. The van der Waals surface area contributed by atoms with Crippen molar-refractivity contribution in [1.29, 1.82) is 0 Å². The van der Waals surface area contributed by atoms with Gasteiger partial charge in [0.1, 0.15) is 23.1 Å². The first-order valence-electron chi connectivity index (χ1n) is 26.6. The molecule has 4 aliphatic heterocycles. The van der Waals surface area contributed by atoms with Crippen LogP contribution in [0.4, 0.5) is 8.78 Å². The van der Waals surface area contributed by atoms with Crippen LogP contribution in [0.2, 0.25) is 0 Å². The molecular weight excluding hydrogens is 939 g/mol. The Morgan fingerprint density at radius 3 is 1.58 bits per heavy atom. The molecule has 2 unspecified atom stereocenters. The molecule has 0 spiro atoms. The lowest BCUT2D eigenvalue weighted by Crippen LogP contribution is -2.48. The van der Waals surface area contributed by atoms with E-state index in [-0.39, 0.29) is 41.5 Å². The summed E-state index contributed by atoms with van der Waals surface area (Å²) >= 11 is 0. The van der Waals surface area contributed by atoms with Crippen LogP contribution in [0, 0.1) is 49.2 Å². The number of aryl methyl sites for hydroxylation is 2. The molecule has 4 fully saturated rings. The molecule has 2 aromatic heterocycles. The molecule has 3 amide bonds. The second-order valence-corrected chi connectivity index (χ2v) is 21.3. The zero-order chi connectivity index (χ0) is 52.8. The molecule has 14 heteroatoms. The second kappa shape index (κ2) is 23.8. The van der Waals surface area contributed by atoms with E-state index in [4.69, 9.17) is 9.47 Å². The summed E-state index contributed by atoms with van der Waals surface area (Å²) in [6, 6.07) is 22.9. The quantitative estimate of drug-likeness (QED) is 0.0917. The largest absolute Gasteiger partial charge is 0.496 e. The lowest BCUT2D eigenvalue weighted by molar-refractivity contribution is -0.125. The SMILES string of the molecule is C1CCNC1.COc1cc2[nH]c(C)c(C(=O)C(=O)N3CCCC3)c2cc1C(=O)N1C[C@H](C)C(Cc2ccc(F)cc2)C[C@H]1C.COc1cc2[nH]c(C)cc2cc1C(=O)N1C[C@H](C)C(Cc2ccc(F)cc2)C[C@H]1C. The molecule has 0 aliphatic carbocycles. The van der Waals surface area contributed by atoms with Crippen LogP contribution < -0.4 is 14.8 Å². The van der Waals surface area contributed by atoms with E-state index >= 15 is 0 Å². The number of nitrogens with one attached hydrogen (secondary N) is 3. The van der Waals surface area contributed by atoms with Crippen molar-refractivity contribution in [3.63, 3.8) is 0 Å². The second-order valence-electron chi connectivity index (χ2n) is 21.3. The fourth-order valence-electron chi connectivity index (χ4n) is 11.6. The van der Waals surface area contributed by atoms with E-state index in [1.54, 1.807) is 31.1 Å². The van der Waals surface area contributed by atoms with Gasteiger partial charge in [-0.2, -0.15) is 0 Å². The summed E-state index contributed by atoms with van der Waals surface area (Å²) < 4.78 is 37.7. The van der Waals surface area contributed by atoms with Gasteiger partial charge in [0.2, 0.25) is 0 Å². The van der Waals surface area contributed by atoms with Gasteiger partial charge in [-0.25, -0.2) is 8.78 Å². The zero-order valence-electron chi connectivity index (χ0n) is 44.4. The van der Waals surface area contributed by atoms with Gasteiger partial charge in [0.15, 0.2) is 0 Å². The van der Waals surface area contributed by atoms with Gasteiger partial charge < -0.3 is 39.5 Å². The molecule has 4 aliphatic rings. The van der Waals surface area contributed by atoms with Crippen LogP contribution in [0.3, 0.4) is 0 Å². The molecule has 74 heavy (non-hydrogen) atoms. The normalized spacial score (nSPS) is 21.7. The number of halogens is 2. The maximum atomic E-state index is 13.9. The third-order valence-electron chi connectivity index (χ3n) is 15.9. The number of Topliss-reactive ketones (excluding diaryl/α,β-unsaturated/α-hetero) is 1. The number of rotatable bonds is 10. The Kier molecular flexibility index (Phi) is 17.3. The van der Waals surface area contributed by atoms with Crippen LogP contribution >= 0.6 is 0 Å². The van der Waals surface area contributed by atoms with E-state index in [0.29, 0.717) is 88.7 Å². The minimum Gasteiger partial charge on any atom is -0.496 e. The molecule has 10 rings (SSSR count). The number of piperidine rings is 2. The molecule has 3 N–H and O–H groups in total. The third-order valence-corrected chi connectivity index (χ3v) is 15.9. The highest BCUT2D eigenvalue weighted by Gasteiger charge is 2.37. The summed E-state index contributed by atoms with van der Waals surface area (Å²) in [6.45, 7) is 17.3. The van der Waals surface area contributed by atoms with E-state index in [1.165, 1.54) is 57.3 Å². The molecule has 4 aromatic carbocycles. The van der Waals surface area contributed by atoms with Gasteiger partial charge in [-0.15, -0.1) is 0 Å². The number of hydrogen-bond acceptors (Lipinski definition) is 7. The van der Waals surface area contributed by atoms with Gasteiger partial charge in [0, 0.05) is 78.1 Å². The van der Waals surface area contributed by atoms with E-state index in [0.717, 1.165) is 66.2 Å². The highest BCUT2D eigenvalue weighted by molar-refractivity contribution is 6.45. The smallest absolute Gasteiger partial charge is 0.295 e. The zero-order valence-corrected chi connectivity index (χ0v) is 44.4. The number of H-pyrrole nitrogens is 2. The van der Waals surface area contributed by atoms with Gasteiger partial charge >= 0.3 is 0 Å². The molecule has 6 heterocycles. The van der Waals surface area contributed by atoms with E-state index in [1.807, 2.05) is 59.2 Å². The first-order chi connectivity index (χ1) is 35.5. The Bertz CT molecular complexity index is 2930. The van der Waals surface area contributed by atoms with Crippen LogP contribution in [-0.2, 0) is 17.6 Å². The van der Waals surface area contributed by atoms with Gasteiger partial charge in [-0.1, -0.05) is 38.1 Å². The van der Waals surface area contributed by atoms with E-state index < -0.39 is 11.7 Å². The number of nitrogens with zero attached hydrogens (tertiary/aromatic N) is 3. The van der Waals surface area contributed by atoms with Crippen LogP contribution in [0.1, 0.15) is 120 Å². The highest BCUT2D eigenvalue weighted by Crippen LogP contribution is 2.37. The van der Waals surface area contributed by atoms with Crippen molar-refractivity contribution in [3.05, 3.63) is 130 Å². The Morgan fingerprint density at radius 2 is 1.11 bits per heavy atom. The van der Waals surface area contributed by atoms with Crippen LogP contribution in [-0.4, -0.2) is 114 Å². The topological polar surface area (TPSA) is 140 Å². The predicted octanol–water partition coefficient (Wildman–Crippen LogP) is 10.9. The Morgan fingerprint density at radius 1 is 0.622 bits per heavy atom. The number of fused-ring (bicyclic) bond motifs is 2. The van der Waals surface area contributed by atoms with Gasteiger partial charge in [-0.05, 0) is 169 Å². The predicted molar refractivity (Wildman–Crippen MR) is 287 cm³/mol. The number of likely N-dealkylation sites (tertiary alicyclic amines) is 3. The summed E-state index contributed by atoms with van der Waals surface area (Å²) in [5, 5.41) is 4.80. The minimum atomic E-state index is -0.548. The third kappa shape index (κ3) is 12.2. The average molecular weight is 1010 g/mol. The van der Waals surface area contributed by atoms with E-state index in [2.05, 4.69) is 43.0 Å². The average Bonchev–Trinajstić information content (AvgIpc) is 4.25. The first-order valence-corrected chi connectivity index (χ1v) is 26.6. The van der Waals surface area contributed by atoms with Crippen molar-refractivity contribution in [2.45, 2.75) is 105 Å². The number of amides is 3. The number of methoxy groups -OCH3 is 2. The number of carbonyl (C=O) groups excluding carboxylic acids is 4. The van der Waals surface area contributed by atoms with Crippen molar-refractivity contribution in [2.24, 2.45) is 23.7 Å². The summed E-state index contributed by atoms with van der Waals surface area (Å²) in [7, 11) is 3.13. The highest BCUT2D eigenvalue weighted by atomic mass is 19.1. The van der Waals surface area contributed by atoms with Crippen LogP contribution in [0.5, 0.6) is 11.5 Å². The van der Waals surface area contributed by atoms with Crippen LogP contribution in [0.15, 0.2) is 78.9 Å². The molecule has 6 atom stereocenters. The number of carbonyl (C=O) groups is 4. The summed E-state index contributed by atoms with van der Waals surface area (Å²) in [5.74, 6) is 0.836. The molecule has 12 nitrogen and oxygen atoms in total. The Hall–Kier alpha value is -6.54. The molecule has 0 radical (unpaired) electrons. The fourth-order valence-corrected chi connectivity index (χ4v) is 11.6. The number of benzene rings is 4. The molecule has 6 aromatic rings. The van der Waals surface area contributed by atoms with Crippen molar-refractivity contribution < 1.29 is 37.4 Å². The van der Waals surface area contributed by atoms with Crippen LogP contribution in [0.25, 0.3) is 21.8 Å². The molecule has 4 saturated heterocycles. The van der Waals surface area contributed by atoms with Gasteiger partial charge in [-0.3, -0.25) is 19.2 Å². The standard InChI is InChI=1S/C31H36FN3O4.C25H29FN2O2.C4H9N/c1-18-17-35(19(2)13-22(18)14-21-7-9-23(32)10-8-21)30(37)25-15-24-26(16-27(25)39-4)33-20(3)28(24)29(36)31(38)34-11-5-6-12-34;1-15-14-28(17(3)10-19(15)11-18-5-7-21(26)8-6-18)25(29)22-12-20-9-16(2)27-23(20)13-24(22)30-4;1-2-4-5-3-1/h7-10,15-16,18-19,22,33H,5-6,11-14,17H2,1-4H3;5-9,12-13,15,17,19,27H,10-11,14H2,1-4H3;5H,1-4H2/t18-,19+,22?;15-,17+,19?;/m00./s1. The number of ketones is 1. The van der Waals surface area contributed by atoms with Crippen molar-refractivity contribution in [1.82, 2.24) is 30.0 Å². The number of ether oxygens (including phenoxy) is 2. The van der Waals surface area contributed by atoms with Crippen molar-refractivity contribution >= 4 is 45.3 Å². The monoisotopic (exact) mass is 1010 g/mol. The lowest BCUT2D eigenvalue weighted by Gasteiger charge is -2.42. The number of aromatic amines is 2. The number of aromatic nitrogens is 2. The van der Waals surface area contributed by atoms with Gasteiger partial charge in [0.25, 0.3) is 23.5 Å². The Labute approximate surface area is 434 Å². The molecular formula is C60H74F2N6O6. The maximum Gasteiger partial charge on any atom is 0.295 e. The minimum absolute atomic E-state index is 0.00893. The summed E-state index contributed by atoms with van der Waals surface area (Å²) in [4.78, 5) is 65.6. The Balaban J connectivity index is 0.000000185. The summed E-state index contributed by atoms with van der Waals surface area (Å²) in [6.07, 6.45) is 8.08. The molecule has 0 saturated carbocycles. The van der Waals surface area contributed by atoms with Gasteiger partial charge in [0.05, 0.1) is 36.4 Å². The lowest BCUT2D eigenvalue weighted by atomic mass is 9.79. The first kappa shape index (κ1) is 53.7.